The fourth-order valence-electron chi connectivity index (χ4n) is 1.84. The van der Waals surface area contributed by atoms with Crippen LogP contribution in [0.4, 0.5) is 0 Å². The van der Waals surface area contributed by atoms with Gasteiger partial charge in [-0.1, -0.05) is 0 Å². The van der Waals surface area contributed by atoms with Crippen molar-refractivity contribution in [3.05, 3.63) is 0 Å². The van der Waals surface area contributed by atoms with Gasteiger partial charge in [0.1, 0.15) is 5.54 Å². The smallest absolute Gasteiger partial charge is 0.325 e. The molecular weight excluding hydrogens is 256 g/mol. The van der Waals surface area contributed by atoms with Gasteiger partial charge in [-0.25, -0.2) is 8.42 Å². The van der Waals surface area contributed by atoms with E-state index < -0.39 is 26.1 Å². The average Bonchev–Trinajstić information content (AvgIpc) is 2.57. The minimum Gasteiger partial charge on any atom is -0.480 e. The molecule has 6 nitrogen and oxygen atoms in total. The Morgan fingerprint density at radius 3 is 2.39 bits per heavy atom. The monoisotopic (exact) mass is 278 g/mol. The van der Waals surface area contributed by atoms with Crippen molar-refractivity contribution >= 4 is 15.8 Å². The Labute approximate surface area is 108 Å². The molecule has 1 saturated heterocycles. The Balaban J connectivity index is 2.56. The highest BCUT2D eigenvalue weighted by Gasteiger charge is 2.41. The van der Waals surface area contributed by atoms with Crippen molar-refractivity contribution < 1.29 is 18.3 Å². The SMILES string of the molecule is CC(C)(C)S(=O)(=O)CCN1CCC(N)(C(=O)O)C1. The summed E-state index contributed by atoms with van der Waals surface area (Å²) >= 11 is 0. The highest BCUT2D eigenvalue weighted by atomic mass is 32.2. The van der Waals surface area contributed by atoms with Crippen molar-refractivity contribution in [1.82, 2.24) is 4.90 Å². The molecule has 0 amide bonds. The Morgan fingerprint density at radius 1 is 1.44 bits per heavy atom. The molecule has 1 rings (SSSR count). The number of sulfone groups is 1. The number of hydrogen-bond donors (Lipinski definition) is 2. The zero-order valence-corrected chi connectivity index (χ0v) is 12.0. The third-order valence-electron chi connectivity index (χ3n) is 3.42. The predicted octanol–water partition coefficient (Wildman–Crippen LogP) is -0.312. The maximum absolute atomic E-state index is 11.9. The van der Waals surface area contributed by atoms with Crippen LogP contribution in [0.15, 0.2) is 0 Å². The average molecular weight is 278 g/mol. The van der Waals surface area contributed by atoms with Crippen molar-refractivity contribution in [3.8, 4) is 0 Å². The van der Waals surface area contributed by atoms with Crippen LogP contribution in [-0.4, -0.2) is 60.1 Å². The summed E-state index contributed by atoms with van der Waals surface area (Å²) in [5, 5.41) is 8.98. The molecule has 1 atom stereocenters. The summed E-state index contributed by atoms with van der Waals surface area (Å²) in [5.74, 6) is -0.990. The molecule has 1 aliphatic rings. The van der Waals surface area contributed by atoms with E-state index in [1.807, 2.05) is 0 Å². The van der Waals surface area contributed by atoms with E-state index in [1.165, 1.54) is 0 Å². The van der Waals surface area contributed by atoms with Crippen LogP contribution in [0, 0.1) is 0 Å². The summed E-state index contributed by atoms with van der Waals surface area (Å²) in [7, 11) is -3.17. The Kier molecular flexibility index (Phi) is 4.10. The van der Waals surface area contributed by atoms with Crippen LogP contribution in [0.25, 0.3) is 0 Å². The first-order chi connectivity index (χ1) is 7.98. The van der Waals surface area contributed by atoms with Crippen LogP contribution in [0.3, 0.4) is 0 Å². The quantitative estimate of drug-likeness (QED) is 0.731. The Hall–Kier alpha value is -0.660. The van der Waals surface area contributed by atoms with Crippen LogP contribution in [0.1, 0.15) is 27.2 Å². The van der Waals surface area contributed by atoms with Crippen LogP contribution in [0.2, 0.25) is 0 Å². The summed E-state index contributed by atoms with van der Waals surface area (Å²) < 4.78 is 23.1. The molecule has 3 N–H and O–H groups in total. The molecule has 0 bridgehead atoms. The third kappa shape index (κ3) is 3.21. The van der Waals surface area contributed by atoms with Crippen molar-refractivity contribution in [2.45, 2.75) is 37.5 Å². The molecule has 1 fully saturated rings. The van der Waals surface area contributed by atoms with Crippen LogP contribution >= 0.6 is 0 Å². The molecule has 18 heavy (non-hydrogen) atoms. The molecule has 0 aromatic rings. The Bertz CT molecular complexity index is 427. The molecular formula is C11H22N2O4S. The maximum atomic E-state index is 11.9. The van der Waals surface area contributed by atoms with Gasteiger partial charge in [-0.3, -0.25) is 9.69 Å². The van der Waals surface area contributed by atoms with Gasteiger partial charge < -0.3 is 10.8 Å². The lowest BCUT2D eigenvalue weighted by molar-refractivity contribution is -0.142. The van der Waals surface area contributed by atoms with E-state index in [4.69, 9.17) is 10.8 Å². The van der Waals surface area contributed by atoms with Crippen LogP contribution in [-0.2, 0) is 14.6 Å². The number of nitrogens with two attached hydrogens (primary N) is 1. The summed E-state index contributed by atoms with van der Waals surface area (Å²) in [6.07, 6.45) is 0.359. The van der Waals surface area contributed by atoms with Gasteiger partial charge in [-0.2, -0.15) is 0 Å². The molecule has 0 aromatic heterocycles. The van der Waals surface area contributed by atoms with Crippen LogP contribution < -0.4 is 5.73 Å². The molecule has 1 heterocycles. The highest BCUT2D eigenvalue weighted by Crippen LogP contribution is 2.21. The van der Waals surface area contributed by atoms with E-state index in [0.29, 0.717) is 19.5 Å². The first kappa shape index (κ1) is 15.4. The van der Waals surface area contributed by atoms with Crippen molar-refractivity contribution in [2.75, 3.05) is 25.4 Å². The molecule has 0 radical (unpaired) electrons. The Morgan fingerprint density at radius 2 is 2.00 bits per heavy atom. The topological polar surface area (TPSA) is 101 Å². The molecule has 1 aliphatic heterocycles. The molecule has 0 aliphatic carbocycles. The zero-order chi connectivity index (χ0) is 14.2. The van der Waals surface area contributed by atoms with E-state index in [0.717, 1.165) is 0 Å². The summed E-state index contributed by atoms with van der Waals surface area (Å²) in [4.78, 5) is 12.8. The standard InChI is InChI=1S/C11H22N2O4S/c1-10(2,3)18(16,17)7-6-13-5-4-11(12,8-13)9(14)15/h4-8,12H2,1-3H3,(H,14,15). The van der Waals surface area contributed by atoms with Gasteiger partial charge in [0.25, 0.3) is 0 Å². The van der Waals surface area contributed by atoms with Gasteiger partial charge in [-0.15, -0.1) is 0 Å². The first-order valence-electron chi connectivity index (χ1n) is 5.95. The molecule has 106 valence electrons. The minimum absolute atomic E-state index is 0.0339. The molecule has 1 unspecified atom stereocenters. The van der Waals surface area contributed by atoms with E-state index in [1.54, 1.807) is 25.7 Å². The third-order valence-corrected chi connectivity index (χ3v) is 6.00. The molecule has 7 heteroatoms. The summed E-state index contributed by atoms with van der Waals surface area (Å²) in [6.45, 7) is 6.07. The summed E-state index contributed by atoms with van der Waals surface area (Å²) in [6, 6.07) is 0. The lowest BCUT2D eigenvalue weighted by atomic mass is 10.0. The van der Waals surface area contributed by atoms with Crippen molar-refractivity contribution in [3.63, 3.8) is 0 Å². The predicted molar refractivity (Wildman–Crippen MR) is 69.2 cm³/mol. The highest BCUT2D eigenvalue weighted by molar-refractivity contribution is 7.92. The number of carboxylic acid groups (broad SMARTS) is 1. The summed E-state index contributed by atoms with van der Waals surface area (Å²) in [5.41, 5.74) is 4.50. The van der Waals surface area contributed by atoms with E-state index >= 15 is 0 Å². The first-order valence-corrected chi connectivity index (χ1v) is 7.60. The normalized spacial score (nSPS) is 26.4. The number of rotatable bonds is 4. The number of aliphatic carboxylic acids is 1. The molecule has 0 saturated carbocycles. The van der Waals surface area contributed by atoms with E-state index in [-0.39, 0.29) is 12.3 Å². The lowest BCUT2D eigenvalue weighted by Crippen LogP contribution is -2.50. The second-order valence-corrected chi connectivity index (χ2v) is 8.78. The van der Waals surface area contributed by atoms with Gasteiger partial charge in [-0.05, 0) is 27.2 Å². The largest absolute Gasteiger partial charge is 0.480 e. The fourth-order valence-corrected chi connectivity index (χ4v) is 2.95. The van der Waals surface area contributed by atoms with Crippen LogP contribution in [0.5, 0.6) is 0 Å². The zero-order valence-electron chi connectivity index (χ0n) is 11.1. The van der Waals surface area contributed by atoms with Crippen molar-refractivity contribution in [1.29, 1.82) is 0 Å². The van der Waals surface area contributed by atoms with E-state index in [2.05, 4.69) is 0 Å². The van der Waals surface area contributed by atoms with Gasteiger partial charge in [0, 0.05) is 19.6 Å². The molecule has 0 aromatic carbocycles. The van der Waals surface area contributed by atoms with Crippen molar-refractivity contribution in [2.24, 2.45) is 5.73 Å². The molecule has 0 spiro atoms. The lowest BCUT2D eigenvalue weighted by Gasteiger charge is -2.23. The van der Waals surface area contributed by atoms with Gasteiger partial charge >= 0.3 is 5.97 Å². The number of likely N-dealkylation sites (tertiary alicyclic amines) is 1. The maximum Gasteiger partial charge on any atom is 0.325 e. The van der Waals surface area contributed by atoms with Gasteiger partial charge in [0.2, 0.25) is 0 Å². The number of nitrogens with zero attached hydrogens (tertiary/aromatic N) is 1. The number of hydrogen-bond acceptors (Lipinski definition) is 5. The number of carboxylic acids is 1. The minimum atomic E-state index is -3.17. The second kappa shape index (κ2) is 4.79. The fraction of sp³-hybridized carbons (Fsp3) is 0.909. The second-order valence-electron chi connectivity index (χ2n) is 5.92. The number of carbonyl (C=O) groups is 1. The van der Waals surface area contributed by atoms with E-state index in [9.17, 15) is 13.2 Å². The van der Waals surface area contributed by atoms with Gasteiger partial charge in [0.05, 0.1) is 10.5 Å². The van der Waals surface area contributed by atoms with Gasteiger partial charge in [0.15, 0.2) is 9.84 Å².